The van der Waals surface area contributed by atoms with Crippen LogP contribution in [0.2, 0.25) is 0 Å². The lowest BCUT2D eigenvalue weighted by atomic mass is 9.90. The second kappa shape index (κ2) is 12.5. The van der Waals surface area contributed by atoms with E-state index in [0.717, 1.165) is 50.1 Å². The zero-order valence-corrected chi connectivity index (χ0v) is 24.7. The lowest BCUT2D eigenvalue weighted by Crippen LogP contribution is -2.00. The maximum absolute atomic E-state index is 7.36. The molecule has 0 saturated heterocycles. The molecule has 1 aromatic heterocycles. The standard InChI is InChI=1S/C41H25N5/c1-42-35-22-17-29(18-23-35)37-26-21-34(27-38(37)30-19-24-36(43-2)25-20-30)28-13-15-33(16-14-28)41-45-39(31-9-5-3-6-10-31)44-40(46-41)32-11-7-4-8-12-32/h3-27H. The minimum Gasteiger partial charge on any atom is -0.238 e. The average molecular weight is 588 g/mol. The summed E-state index contributed by atoms with van der Waals surface area (Å²) in [5.74, 6) is 1.86. The molecule has 0 fully saturated rings. The summed E-state index contributed by atoms with van der Waals surface area (Å²) in [6.07, 6.45) is 0. The summed E-state index contributed by atoms with van der Waals surface area (Å²) in [5.41, 5.74) is 10.2. The van der Waals surface area contributed by atoms with E-state index in [4.69, 9.17) is 28.1 Å². The normalized spacial score (nSPS) is 10.6. The molecule has 46 heavy (non-hydrogen) atoms. The molecule has 5 heteroatoms. The number of rotatable bonds is 6. The first kappa shape index (κ1) is 28.1. The Hall–Kier alpha value is -6.69. The molecule has 7 rings (SSSR count). The fourth-order valence-electron chi connectivity index (χ4n) is 5.39. The molecule has 0 saturated carbocycles. The smallest absolute Gasteiger partial charge is 0.187 e. The van der Waals surface area contributed by atoms with Crippen molar-refractivity contribution in [1.82, 2.24) is 15.0 Å². The van der Waals surface area contributed by atoms with Crippen molar-refractivity contribution in [1.29, 1.82) is 0 Å². The van der Waals surface area contributed by atoms with Gasteiger partial charge in [-0.1, -0.05) is 146 Å². The molecule has 0 radical (unpaired) electrons. The van der Waals surface area contributed by atoms with Crippen LogP contribution >= 0.6 is 0 Å². The van der Waals surface area contributed by atoms with Gasteiger partial charge in [-0.25, -0.2) is 24.6 Å². The Morgan fingerprint density at radius 2 is 0.696 bits per heavy atom. The van der Waals surface area contributed by atoms with E-state index < -0.39 is 0 Å². The molecule has 0 aliphatic carbocycles. The van der Waals surface area contributed by atoms with E-state index in [0.29, 0.717) is 28.8 Å². The van der Waals surface area contributed by atoms with Gasteiger partial charge in [-0.2, -0.15) is 0 Å². The summed E-state index contributed by atoms with van der Waals surface area (Å²) in [7, 11) is 0. The molecule has 0 amide bonds. The Labute approximate surface area is 267 Å². The molecule has 0 spiro atoms. The van der Waals surface area contributed by atoms with Gasteiger partial charge in [0.15, 0.2) is 28.8 Å². The van der Waals surface area contributed by atoms with Gasteiger partial charge < -0.3 is 0 Å². The number of nitrogens with zero attached hydrogens (tertiary/aromatic N) is 5. The van der Waals surface area contributed by atoms with Crippen LogP contribution in [0.1, 0.15) is 0 Å². The fraction of sp³-hybridized carbons (Fsp3) is 0. The molecular weight excluding hydrogens is 562 g/mol. The minimum absolute atomic E-state index is 0.600. The number of hydrogen-bond acceptors (Lipinski definition) is 3. The van der Waals surface area contributed by atoms with Crippen LogP contribution in [0.15, 0.2) is 152 Å². The van der Waals surface area contributed by atoms with E-state index in [1.165, 1.54) is 0 Å². The largest absolute Gasteiger partial charge is 0.238 e. The molecule has 0 aliphatic heterocycles. The monoisotopic (exact) mass is 587 g/mol. The molecule has 0 N–H and O–H groups in total. The van der Waals surface area contributed by atoms with Crippen molar-refractivity contribution in [2.24, 2.45) is 0 Å². The van der Waals surface area contributed by atoms with Crippen LogP contribution in [0.3, 0.4) is 0 Å². The third-order valence-corrected chi connectivity index (χ3v) is 7.81. The van der Waals surface area contributed by atoms with Gasteiger partial charge in [0.1, 0.15) is 0 Å². The second-order valence-corrected chi connectivity index (χ2v) is 10.7. The van der Waals surface area contributed by atoms with Crippen LogP contribution < -0.4 is 0 Å². The summed E-state index contributed by atoms with van der Waals surface area (Å²) >= 11 is 0. The van der Waals surface area contributed by atoms with Crippen molar-refractivity contribution in [3.8, 4) is 67.5 Å². The SMILES string of the molecule is [C-]#[N+]c1ccc(-c2ccc(-c3ccc(-c4nc(-c5ccccc5)nc(-c5ccccc5)n4)cc3)cc2-c2ccc([N+]#[C-])cc2)cc1. The van der Waals surface area contributed by atoms with Gasteiger partial charge in [-0.15, -0.1) is 0 Å². The molecule has 0 unspecified atom stereocenters. The Kier molecular flexibility index (Phi) is 7.64. The first-order valence-electron chi connectivity index (χ1n) is 14.8. The molecule has 5 nitrogen and oxygen atoms in total. The van der Waals surface area contributed by atoms with Crippen LogP contribution in [0, 0.1) is 13.1 Å². The molecule has 1 heterocycles. The lowest BCUT2D eigenvalue weighted by molar-refractivity contribution is 1.07. The molecule has 0 atom stereocenters. The van der Waals surface area contributed by atoms with Crippen molar-refractivity contribution >= 4 is 11.4 Å². The van der Waals surface area contributed by atoms with Crippen LogP contribution in [0.5, 0.6) is 0 Å². The van der Waals surface area contributed by atoms with E-state index in [9.17, 15) is 0 Å². The highest BCUT2D eigenvalue weighted by Gasteiger charge is 2.14. The maximum atomic E-state index is 7.36. The van der Waals surface area contributed by atoms with E-state index in [1.807, 2.05) is 109 Å². The number of benzene rings is 6. The highest BCUT2D eigenvalue weighted by Crippen LogP contribution is 2.37. The first-order valence-corrected chi connectivity index (χ1v) is 14.8. The van der Waals surface area contributed by atoms with Gasteiger partial charge in [0.25, 0.3) is 0 Å². The Morgan fingerprint density at radius 3 is 1.15 bits per heavy atom. The van der Waals surface area contributed by atoms with Crippen LogP contribution in [0.25, 0.3) is 77.2 Å². The van der Waals surface area contributed by atoms with Crippen LogP contribution in [-0.4, -0.2) is 15.0 Å². The fourth-order valence-corrected chi connectivity index (χ4v) is 5.39. The van der Waals surface area contributed by atoms with Crippen LogP contribution in [-0.2, 0) is 0 Å². The third kappa shape index (κ3) is 5.77. The maximum Gasteiger partial charge on any atom is 0.187 e. The third-order valence-electron chi connectivity index (χ3n) is 7.81. The predicted molar refractivity (Wildman–Crippen MR) is 185 cm³/mol. The second-order valence-electron chi connectivity index (χ2n) is 10.7. The summed E-state index contributed by atoms with van der Waals surface area (Å²) < 4.78 is 0. The van der Waals surface area contributed by atoms with Gasteiger partial charge in [0.05, 0.1) is 13.1 Å². The van der Waals surface area contributed by atoms with E-state index in [1.54, 1.807) is 0 Å². The van der Waals surface area contributed by atoms with Crippen molar-refractivity contribution in [3.05, 3.63) is 174 Å². The van der Waals surface area contributed by atoms with Crippen molar-refractivity contribution in [2.75, 3.05) is 0 Å². The molecule has 214 valence electrons. The molecule has 0 bridgehead atoms. The van der Waals surface area contributed by atoms with E-state index in [-0.39, 0.29) is 0 Å². The Morgan fingerprint density at radius 1 is 0.326 bits per heavy atom. The van der Waals surface area contributed by atoms with E-state index in [2.05, 4.69) is 52.2 Å². The quantitative estimate of drug-likeness (QED) is 0.182. The van der Waals surface area contributed by atoms with E-state index >= 15 is 0 Å². The van der Waals surface area contributed by atoms with Crippen molar-refractivity contribution in [3.63, 3.8) is 0 Å². The molecule has 6 aromatic carbocycles. The minimum atomic E-state index is 0.600. The highest BCUT2D eigenvalue weighted by molar-refractivity contribution is 5.88. The van der Waals surface area contributed by atoms with Gasteiger partial charge in [0, 0.05) is 16.7 Å². The Bertz CT molecular complexity index is 2170. The average Bonchev–Trinajstić information content (AvgIpc) is 3.15. The summed E-state index contributed by atoms with van der Waals surface area (Å²) in [5, 5.41) is 0. The summed E-state index contributed by atoms with van der Waals surface area (Å²) in [4.78, 5) is 21.6. The number of aromatic nitrogens is 3. The van der Waals surface area contributed by atoms with Gasteiger partial charge >= 0.3 is 0 Å². The first-order chi connectivity index (χ1) is 22.7. The summed E-state index contributed by atoms with van der Waals surface area (Å²) in [6, 6.07) is 49.9. The lowest BCUT2D eigenvalue weighted by Gasteiger charge is -2.14. The molecular formula is C41H25N5. The van der Waals surface area contributed by atoms with Crippen molar-refractivity contribution < 1.29 is 0 Å². The topological polar surface area (TPSA) is 47.4 Å². The zero-order valence-electron chi connectivity index (χ0n) is 24.7. The molecule has 0 aliphatic rings. The zero-order chi connectivity index (χ0) is 31.3. The van der Waals surface area contributed by atoms with Crippen LogP contribution in [0.4, 0.5) is 11.4 Å². The van der Waals surface area contributed by atoms with Gasteiger partial charge in [-0.05, 0) is 39.4 Å². The molecule has 7 aromatic rings. The Balaban J connectivity index is 1.29. The van der Waals surface area contributed by atoms with Gasteiger partial charge in [0.2, 0.25) is 0 Å². The highest BCUT2D eigenvalue weighted by atomic mass is 15.0. The van der Waals surface area contributed by atoms with Gasteiger partial charge in [-0.3, -0.25) is 0 Å². The van der Waals surface area contributed by atoms with Crippen molar-refractivity contribution in [2.45, 2.75) is 0 Å². The predicted octanol–water partition coefficient (Wildman–Crippen LogP) is 11.0. The summed E-state index contributed by atoms with van der Waals surface area (Å²) in [6.45, 7) is 14.7. The number of hydrogen-bond donors (Lipinski definition) is 0.